The molecule has 1 aliphatic heterocycles. The molecule has 7 heteroatoms. The maximum absolute atomic E-state index is 12.6. The van der Waals surface area contributed by atoms with Crippen LogP contribution in [0.4, 0.5) is 11.4 Å². The van der Waals surface area contributed by atoms with E-state index < -0.39 is 0 Å². The van der Waals surface area contributed by atoms with Crippen LogP contribution in [0.15, 0.2) is 53.9 Å². The van der Waals surface area contributed by atoms with Gasteiger partial charge in [-0.05, 0) is 55.6 Å². The Bertz CT molecular complexity index is 1090. The summed E-state index contributed by atoms with van der Waals surface area (Å²) in [6, 6.07) is 15.1. The lowest BCUT2D eigenvalue weighted by molar-refractivity contribution is 0.0751. The summed E-state index contributed by atoms with van der Waals surface area (Å²) in [5.41, 5.74) is 4.30. The van der Waals surface area contributed by atoms with Gasteiger partial charge in [0.25, 0.3) is 11.8 Å². The first-order valence-corrected chi connectivity index (χ1v) is 11.4. The van der Waals surface area contributed by atoms with Gasteiger partial charge in [-0.15, -0.1) is 11.3 Å². The van der Waals surface area contributed by atoms with Gasteiger partial charge in [0.15, 0.2) is 0 Å². The highest BCUT2D eigenvalue weighted by Crippen LogP contribution is 2.30. The highest BCUT2D eigenvalue weighted by molar-refractivity contribution is 7.12. The van der Waals surface area contributed by atoms with Crippen molar-refractivity contribution in [2.24, 2.45) is 0 Å². The van der Waals surface area contributed by atoms with Gasteiger partial charge in [-0.25, -0.2) is 0 Å². The zero-order valence-electron chi connectivity index (χ0n) is 17.5. The molecule has 3 aromatic rings. The number of hydrogen-bond donors (Lipinski definition) is 1. The van der Waals surface area contributed by atoms with Crippen LogP contribution in [-0.4, -0.2) is 42.9 Å². The molecule has 2 amide bonds. The number of aryl methyl sites for hydroxylation is 2. The molecule has 4 rings (SSSR count). The fourth-order valence-corrected chi connectivity index (χ4v) is 4.85. The van der Waals surface area contributed by atoms with E-state index in [2.05, 4.69) is 10.2 Å². The SMILES string of the molecule is Cc1cc(C)cc(C(=O)Nc2ccc(N3CCN(C(=O)c4cccs4)CC3)c(Cl)c2)c1. The summed E-state index contributed by atoms with van der Waals surface area (Å²) in [5, 5.41) is 5.43. The molecule has 0 saturated carbocycles. The number of halogens is 1. The van der Waals surface area contributed by atoms with E-state index in [4.69, 9.17) is 11.6 Å². The van der Waals surface area contributed by atoms with Crippen LogP contribution in [0.25, 0.3) is 0 Å². The number of thiophene rings is 1. The lowest BCUT2D eigenvalue weighted by Crippen LogP contribution is -2.48. The molecule has 5 nitrogen and oxygen atoms in total. The molecule has 0 aliphatic carbocycles. The van der Waals surface area contributed by atoms with Crippen molar-refractivity contribution in [2.45, 2.75) is 13.8 Å². The van der Waals surface area contributed by atoms with Crippen LogP contribution in [0, 0.1) is 13.8 Å². The molecule has 2 aromatic carbocycles. The summed E-state index contributed by atoms with van der Waals surface area (Å²) in [4.78, 5) is 30.0. The third kappa shape index (κ3) is 4.92. The normalized spacial score (nSPS) is 13.9. The van der Waals surface area contributed by atoms with Crippen molar-refractivity contribution in [2.75, 3.05) is 36.4 Å². The van der Waals surface area contributed by atoms with Crippen molar-refractivity contribution >= 4 is 46.1 Å². The van der Waals surface area contributed by atoms with Crippen LogP contribution >= 0.6 is 22.9 Å². The van der Waals surface area contributed by atoms with Crippen molar-refractivity contribution in [1.82, 2.24) is 4.90 Å². The first kappa shape index (κ1) is 21.4. The van der Waals surface area contributed by atoms with Crippen molar-refractivity contribution in [3.63, 3.8) is 0 Å². The molecule has 0 spiro atoms. The van der Waals surface area contributed by atoms with Crippen molar-refractivity contribution in [3.05, 3.63) is 80.5 Å². The summed E-state index contributed by atoms with van der Waals surface area (Å²) >= 11 is 8.02. The van der Waals surface area contributed by atoms with E-state index >= 15 is 0 Å². The van der Waals surface area contributed by atoms with E-state index in [1.807, 2.05) is 66.6 Å². The third-order valence-corrected chi connectivity index (χ3v) is 6.49. The number of hydrogen-bond acceptors (Lipinski definition) is 4. The van der Waals surface area contributed by atoms with Gasteiger partial charge in [-0.3, -0.25) is 9.59 Å². The largest absolute Gasteiger partial charge is 0.367 e. The van der Waals surface area contributed by atoms with Crippen molar-refractivity contribution in [3.8, 4) is 0 Å². The smallest absolute Gasteiger partial charge is 0.264 e. The number of carbonyl (C=O) groups excluding carboxylic acids is 2. The summed E-state index contributed by atoms with van der Waals surface area (Å²) in [7, 11) is 0. The summed E-state index contributed by atoms with van der Waals surface area (Å²) in [5.74, 6) is -0.0680. The number of anilines is 2. The van der Waals surface area contributed by atoms with Gasteiger partial charge >= 0.3 is 0 Å². The van der Waals surface area contributed by atoms with Crippen LogP contribution in [0.1, 0.15) is 31.2 Å². The molecule has 1 saturated heterocycles. The minimum atomic E-state index is -0.156. The van der Waals surface area contributed by atoms with Gasteiger partial charge < -0.3 is 15.1 Å². The number of amides is 2. The third-order valence-electron chi connectivity index (χ3n) is 5.33. The van der Waals surface area contributed by atoms with Gasteiger partial charge in [-0.1, -0.05) is 34.9 Å². The quantitative estimate of drug-likeness (QED) is 0.588. The van der Waals surface area contributed by atoms with E-state index in [-0.39, 0.29) is 11.8 Å². The molecule has 0 radical (unpaired) electrons. The predicted octanol–water partition coefficient (Wildman–Crippen LogP) is 5.23. The maximum Gasteiger partial charge on any atom is 0.264 e. The Morgan fingerprint density at radius 1 is 0.968 bits per heavy atom. The van der Waals surface area contributed by atoms with Gasteiger partial charge in [0.05, 0.1) is 15.6 Å². The van der Waals surface area contributed by atoms with E-state index in [9.17, 15) is 9.59 Å². The predicted molar refractivity (Wildman–Crippen MR) is 128 cm³/mol. The Labute approximate surface area is 191 Å². The average Bonchev–Trinajstić information content (AvgIpc) is 3.28. The fraction of sp³-hybridized carbons (Fsp3) is 0.250. The molecule has 0 bridgehead atoms. The van der Waals surface area contributed by atoms with E-state index in [0.29, 0.717) is 42.5 Å². The number of nitrogens with zero attached hydrogens (tertiary/aromatic N) is 2. The fourth-order valence-electron chi connectivity index (χ4n) is 3.86. The lowest BCUT2D eigenvalue weighted by atomic mass is 10.1. The van der Waals surface area contributed by atoms with E-state index in [0.717, 1.165) is 21.7 Å². The molecular formula is C24H24ClN3O2S. The molecule has 1 N–H and O–H groups in total. The Morgan fingerprint density at radius 3 is 2.29 bits per heavy atom. The number of rotatable bonds is 4. The molecule has 1 aromatic heterocycles. The van der Waals surface area contributed by atoms with Crippen molar-refractivity contribution < 1.29 is 9.59 Å². The van der Waals surface area contributed by atoms with Gasteiger partial charge in [0, 0.05) is 37.4 Å². The first-order chi connectivity index (χ1) is 14.9. The summed E-state index contributed by atoms with van der Waals surface area (Å²) in [6.07, 6.45) is 0. The molecule has 2 heterocycles. The Kier molecular flexibility index (Phi) is 6.30. The monoisotopic (exact) mass is 453 g/mol. The second-order valence-corrected chi connectivity index (χ2v) is 9.11. The molecular weight excluding hydrogens is 430 g/mol. The Morgan fingerprint density at radius 2 is 1.68 bits per heavy atom. The highest BCUT2D eigenvalue weighted by atomic mass is 35.5. The molecule has 1 aliphatic rings. The Hall–Kier alpha value is -2.83. The second kappa shape index (κ2) is 9.12. The first-order valence-electron chi connectivity index (χ1n) is 10.2. The van der Waals surface area contributed by atoms with Crippen LogP contribution in [0.3, 0.4) is 0 Å². The minimum absolute atomic E-state index is 0.0881. The molecule has 0 atom stereocenters. The topological polar surface area (TPSA) is 52.7 Å². The summed E-state index contributed by atoms with van der Waals surface area (Å²) < 4.78 is 0. The zero-order chi connectivity index (χ0) is 22.0. The molecule has 0 unspecified atom stereocenters. The van der Waals surface area contributed by atoms with Gasteiger partial charge in [0.1, 0.15) is 0 Å². The van der Waals surface area contributed by atoms with Crippen LogP contribution < -0.4 is 10.2 Å². The highest BCUT2D eigenvalue weighted by Gasteiger charge is 2.24. The Balaban J connectivity index is 1.40. The van der Waals surface area contributed by atoms with Gasteiger partial charge in [-0.2, -0.15) is 0 Å². The van der Waals surface area contributed by atoms with Crippen LogP contribution in [0.2, 0.25) is 5.02 Å². The average molecular weight is 454 g/mol. The van der Waals surface area contributed by atoms with Crippen molar-refractivity contribution in [1.29, 1.82) is 0 Å². The standard InChI is InChI=1S/C24H24ClN3O2S/c1-16-12-17(2)14-18(13-16)23(29)26-19-5-6-21(20(25)15-19)27-7-9-28(10-8-27)24(30)22-4-3-11-31-22/h3-6,11-15H,7-10H2,1-2H3,(H,26,29). The molecule has 1 fully saturated rings. The van der Waals surface area contributed by atoms with E-state index in [1.54, 1.807) is 6.07 Å². The molecule has 160 valence electrons. The number of piperazine rings is 1. The number of benzene rings is 2. The number of carbonyl (C=O) groups is 2. The minimum Gasteiger partial charge on any atom is -0.367 e. The zero-order valence-corrected chi connectivity index (χ0v) is 19.1. The van der Waals surface area contributed by atoms with Crippen LogP contribution in [0.5, 0.6) is 0 Å². The second-order valence-electron chi connectivity index (χ2n) is 7.75. The summed E-state index contributed by atoms with van der Waals surface area (Å²) in [6.45, 7) is 6.68. The molecule has 31 heavy (non-hydrogen) atoms. The van der Waals surface area contributed by atoms with E-state index in [1.165, 1.54) is 11.3 Å². The van der Waals surface area contributed by atoms with Crippen LogP contribution in [-0.2, 0) is 0 Å². The number of nitrogens with one attached hydrogen (secondary N) is 1. The van der Waals surface area contributed by atoms with Gasteiger partial charge in [0.2, 0.25) is 0 Å². The maximum atomic E-state index is 12.6. The lowest BCUT2D eigenvalue weighted by Gasteiger charge is -2.36.